The van der Waals surface area contributed by atoms with E-state index in [-0.39, 0.29) is 29.9 Å². The average Bonchev–Trinajstić information content (AvgIpc) is 2.53. The molecule has 6 heteroatoms. The van der Waals surface area contributed by atoms with Gasteiger partial charge in [0.2, 0.25) is 5.91 Å². The number of allylic oxidation sites excluding steroid dienone is 2. The molecule has 0 aromatic heterocycles. The molecule has 1 aromatic rings. The molecule has 2 aliphatic rings. The number of carbonyl (C=O) groups is 3. The molecule has 1 N–H and O–H groups in total. The second kappa shape index (κ2) is 6.40. The number of carbonyl (C=O) groups excluding carboxylic acids is 3. The lowest BCUT2D eigenvalue weighted by Gasteiger charge is -2.36. The van der Waals surface area contributed by atoms with Gasteiger partial charge in [0.25, 0.3) is 0 Å². The number of methoxy groups -OCH3 is 1. The predicted octanol–water partition coefficient (Wildman–Crippen LogP) is 2.60. The number of Topliss-reactive ketones (excluding diaryl/α,β-unsaturated/α-hetero) is 1. The first-order valence-corrected chi connectivity index (χ1v) is 8.20. The fourth-order valence-corrected chi connectivity index (χ4v) is 3.80. The molecule has 24 heavy (non-hydrogen) atoms. The summed E-state index contributed by atoms with van der Waals surface area (Å²) in [6.07, 6.45) is 0.622. The van der Waals surface area contributed by atoms with E-state index in [0.29, 0.717) is 22.7 Å². The van der Waals surface area contributed by atoms with Crippen molar-refractivity contribution in [2.45, 2.75) is 25.7 Å². The van der Waals surface area contributed by atoms with Crippen molar-refractivity contribution in [1.29, 1.82) is 0 Å². The van der Waals surface area contributed by atoms with E-state index >= 15 is 0 Å². The normalized spacial score (nSPS) is 26.7. The molecule has 0 spiro atoms. The van der Waals surface area contributed by atoms with Gasteiger partial charge in [0.05, 0.1) is 7.11 Å². The Morgan fingerprint density at radius 1 is 1.29 bits per heavy atom. The Bertz CT molecular complexity index is 755. The van der Waals surface area contributed by atoms with E-state index in [2.05, 4.69) is 5.32 Å². The Morgan fingerprint density at radius 3 is 2.71 bits per heavy atom. The second-order valence-electron chi connectivity index (χ2n) is 6.30. The van der Waals surface area contributed by atoms with Crippen molar-refractivity contribution in [1.82, 2.24) is 5.32 Å². The zero-order valence-electron chi connectivity index (χ0n) is 13.5. The number of halogens is 1. The molecule has 1 aliphatic heterocycles. The fraction of sp³-hybridized carbons (Fsp3) is 0.389. The maximum absolute atomic E-state index is 13.0. The number of benzene rings is 1. The van der Waals surface area contributed by atoms with Crippen molar-refractivity contribution in [3.8, 4) is 0 Å². The van der Waals surface area contributed by atoms with Gasteiger partial charge in [-0.1, -0.05) is 30.7 Å². The Kier molecular flexibility index (Phi) is 4.45. The number of ether oxygens (including phenoxy) is 1. The minimum absolute atomic E-state index is 0.129. The number of amides is 1. The zero-order chi connectivity index (χ0) is 17.4. The summed E-state index contributed by atoms with van der Waals surface area (Å²) in [6, 6.07) is 7.13. The molecule has 0 fully saturated rings. The van der Waals surface area contributed by atoms with E-state index in [1.54, 1.807) is 18.2 Å². The van der Waals surface area contributed by atoms with E-state index in [4.69, 9.17) is 16.3 Å². The summed E-state index contributed by atoms with van der Waals surface area (Å²) >= 11 is 6.06. The maximum atomic E-state index is 13.0. The first-order chi connectivity index (χ1) is 11.4. The van der Waals surface area contributed by atoms with Crippen molar-refractivity contribution >= 4 is 29.3 Å². The van der Waals surface area contributed by atoms with Crippen LogP contribution in [0.3, 0.4) is 0 Å². The highest BCUT2D eigenvalue weighted by molar-refractivity contribution is 6.30. The van der Waals surface area contributed by atoms with Crippen molar-refractivity contribution in [3.63, 3.8) is 0 Å². The number of hydrogen-bond acceptors (Lipinski definition) is 4. The number of esters is 1. The number of rotatable bonds is 2. The summed E-state index contributed by atoms with van der Waals surface area (Å²) < 4.78 is 4.80. The third kappa shape index (κ3) is 2.84. The summed E-state index contributed by atoms with van der Waals surface area (Å²) in [7, 11) is 1.28. The molecule has 1 heterocycles. The van der Waals surface area contributed by atoms with Crippen LogP contribution in [-0.4, -0.2) is 24.8 Å². The molecule has 3 atom stereocenters. The van der Waals surface area contributed by atoms with Gasteiger partial charge in [0.15, 0.2) is 5.78 Å². The Balaban J connectivity index is 2.08. The summed E-state index contributed by atoms with van der Waals surface area (Å²) in [6.45, 7) is 1.82. The van der Waals surface area contributed by atoms with Crippen LogP contribution in [0.4, 0.5) is 0 Å². The molecule has 1 amide bonds. The van der Waals surface area contributed by atoms with Gasteiger partial charge < -0.3 is 10.1 Å². The van der Waals surface area contributed by atoms with Gasteiger partial charge >= 0.3 is 5.97 Å². The van der Waals surface area contributed by atoms with Crippen LogP contribution in [0.5, 0.6) is 0 Å². The predicted molar refractivity (Wildman–Crippen MR) is 88.3 cm³/mol. The summed E-state index contributed by atoms with van der Waals surface area (Å²) in [5, 5.41) is 3.35. The molecule has 1 aliphatic carbocycles. The highest BCUT2D eigenvalue weighted by Gasteiger charge is 2.45. The lowest BCUT2D eigenvalue weighted by molar-refractivity contribution is -0.151. The quantitative estimate of drug-likeness (QED) is 0.659. The van der Waals surface area contributed by atoms with Crippen LogP contribution in [-0.2, 0) is 19.1 Å². The molecule has 0 unspecified atom stereocenters. The van der Waals surface area contributed by atoms with Crippen LogP contribution in [0.1, 0.15) is 31.2 Å². The maximum Gasteiger partial charge on any atom is 0.316 e. The third-order valence-electron chi connectivity index (χ3n) is 4.70. The van der Waals surface area contributed by atoms with E-state index < -0.39 is 11.9 Å². The molecule has 3 rings (SSSR count). The van der Waals surface area contributed by atoms with Gasteiger partial charge in [-0.05, 0) is 30.0 Å². The van der Waals surface area contributed by atoms with Gasteiger partial charge in [-0.3, -0.25) is 14.4 Å². The van der Waals surface area contributed by atoms with Crippen LogP contribution in [0.2, 0.25) is 5.02 Å². The molecule has 126 valence electrons. The molecular weight excluding hydrogens is 330 g/mol. The van der Waals surface area contributed by atoms with E-state index in [9.17, 15) is 14.4 Å². The van der Waals surface area contributed by atoms with Gasteiger partial charge in [-0.15, -0.1) is 0 Å². The van der Waals surface area contributed by atoms with Crippen LogP contribution in [0, 0.1) is 11.8 Å². The van der Waals surface area contributed by atoms with Crippen molar-refractivity contribution < 1.29 is 19.1 Å². The second-order valence-corrected chi connectivity index (χ2v) is 6.74. The largest absolute Gasteiger partial charge is 0.468 e. The van der Waals surface area contributed by atoms with E-state index in [1.165, 1.54) is 7.11 Å². The minimum Gasteiger partial charge on any atom is -0.468 e. The highest BCUT2D eigenvalue weighted by Crippen LogP contribution is 2.42. The summed E-state index contributed by atoms with van der Waals surface area (Å²) in [4.78, 5) is 37.1. The van der Waals surface area contributed by atoms with Gasteiger partial charge in [0, 0.05) is 28.6 Å². The number of nitrogens with one attached hydrogen (secondary N) is 1. The third-order valence-corrected chi connectivity index (χ3v) is 4.94. The SMILES string of the molecule is COC(=O)[C@@H]1C(=O)C2=C(C[C@H]1C)NC(=O)C[C@@H]2c1cccc(Cl)c1. The van der Waals surface area contributed by atoms with Crippen LogP contribution in [0.15, 0.2) is 35.5 Å². The minimum atomic E-state index is -0.828. The number of ketones is 1. The smallest absolute Gasteiger partial charge is 0.316 e. The zero-order valence-corrected chi connectivity index (χ0v) is 14.2. The molecule has 0 bridgehead atoms. The van der Waals surface area contributed by atoms with Crippen molar-refractivity contribution in [3.05, 3.63) is 46.1 Å². The standard InChI is InChI=1S/C18H18ClNO4/c1-9-6-13-16(17(22)15(9)18(23)24-2)12(8-14(21)20-13)10-4-3-5-11(19)7-10/h3-5,7,9,12,15H,6,8H2,1-2H3,(H,20,21)/t9-,12-,15+/m1/s1. The molecule has 0 saturated carbocycles. The lowest BCUT2D eigenvalue weighted by atomic mass is 9.70. The molecular formula is C18H18ClNO4. The Labute approximate surface area is 145 Å². The van der Waals surface area contributed by atoms with Gasteiger partial charge in [-0.2, -0.15) is 0 Å². The molecule has 5 nitrogen and oxygen atoms in total. The van der Waals surface area contributed by atoms with Crippen molar-refractivity contribution in [2.24, 2.45) is 11.8 Å². The molecule has 1 aromatic carbocycles. The summed E-state index contributed by atoms with van der Waals surface area (Å²) in [5.41, 5.74) is 1.93. The molecule has 0 radical (unpaired) electrons. The molecule has 0 saturated heterocycles. The van der Waals surface area contributed by atoms with Crippen LogP contribution in [0.25, 0.3) is 0 Å². The van der Waals surface area contributed by atoms with Crippen molar-refractivity contribution in [2.75, 3.05) is 7.11 Å². The first kappa shape index (κ1) is 16.7. The van der Waals surface area contributed by atoms with Gasteiger partial charge in [-0.25, -0.2) is 0 Å². The Morgan fingerprint density at radius 2 is 2.04 bits per heavy atom. The van der Waals surface area contributed by atoms with Gasteiger partial charge in [0.1, 0.15) is 5.92 Å². The van der Waals surface area contributed by atoms with E-state index in [0.717, 1.165) is 5.56 Å². The fourth-order valence-electron chi connectivity index (χ4n) is 3.61. The first-order valence-electron chi connectivity index (χ1n) is 7.82. The topological polar surface area (TPSA) is 72.5 Å². The summed E-state index contributed by atoms with van der Waals surface area (Å²) in [5.74, 6) is -2.36. The monoisotopic (exact) mass is 347 g/mol. The highest BCUT2D eigenvalue weighted by atomic mass is 35.5. The lowest BCUT2D eigenvalue weighted by Crippen LogP contribution is -2.44. The van der Waals surface area contributed by atoms with Crippen LogP contribution < -0.4 is 5.32 Å². The average molecular weight is 348 g/mol. The number of hydrogen-bond donors (Lipinski definition) is 1. The van der Waals surface area contributed by atoms with E-state index in [1.807, 2.05) is 13.0 Å². The van der Waals surface area contributed by atoms with Crippen LogP contribution >= 0.6 is 11.6 Å². The Hall–Kier alpha value is -2.14.